The molecule has 4 aliphatic rings. The van der Waals surface area contributed by atoms with Crippen molar-refractivity contribution in [2.75, 3.05) is 6.54 Å². The van der Waals surface area contributed by atoms with Crippen LogP contribution < -0.4 is 5.73 Å². The van der Waals surface area contributed by atoms with E-state index in [1.165, 1.54) is 51.4 Å². The van der Waals surface area contributed by atoms with Gasteiger partial charge in [-0.25, -0.2) is 0 Å². The quantitative estimate of drug-likeness (QED) is 0.254. The number of fused-ring (bicyclic) bond motifs is 5. The van der Waals surface area contributed by atoms with Crippen LogP contribution >= 0.6 is 0 Å². The van der Waals surface area contributed by atoms with E-state index in [9.17, 15) is 9.59 Å². The lowest BCUT2D eigenvalue weighted by Gasteiger charge is -2.58. The van der Waals surface area contributed by atoms with E-state index in [0.29, 0.717) is 5.41 Å². The molecule has 3 fully saturated rings. The molecule has 0 heterocycles. The predicted octanol–water partition coefficient (Wildman–Crippen LogP) is 7.25. The molecule has 0 amide bonds. The fourth-order valence-electron chi connectivity index (χ4n) is 9.34. The van der Waals surface area contributed by atoms with Gasteiger partial charge in [0.2, 0.25) is 0 Å². The van der Waals surface area contributed by atoms with Crippen molar-refractivity contribution >= 4 is 11.8 Å². The van der Waals surface area contributed by atoms with Crippen molar-refractivity contribution in [1.82, 2.24) is 0 Å². The third-order valence-electron chi connectivity index (χ3n) is 11.4. The molecule has 0 aromatic heterocycles. The fourth-order valence-corrected chi connectivity index (χ4v) is 9.34. The smallest absolute Gasteiger partial charge is 0.306 e. The number of nitrogens with two attached hydrogens (primary N) is 1. The molecule has 0 aliphatic heterocycles. The van der Waals surface area contributed by atoms with Gasteiger partial charge in [0.25, 0.3) is 0 Å². The first-order valence-corrected chi connectivity index (χ1v) is 15.2. The summed E-state index contributed by atoms with van der Waals surface area (Å²) in [5, 5.41) is 0. The second kappa shape index (κ2) is 11.3. The Labute approximate surface area is 220 Å². The second-order valence-corrected chi connectivity index (χ2v) is 13.9. The van der Waals surface area contributed by atoms with Crippen molar-refractivity contribution < 1.29 is 14.3 Å². The van der Waals surface area contributed by atoms with Crippen LogP contribution in [-0.4, -0.2) is 24.4 Å². The molecule has 4 rings (SSSR count). The zero-order valence-corrected chi connectivity index (χ0v) is 23.8. The number of allylic oxidation sites excluding steroid dienone is 1. The van der Waals surface area contributed by atoms with E-state index in [4.69, 9.17) is 10.5 Å². The number of carbonyl (C=O) groups excluding carboxylic acids is 2. The van der Waals surface area contributed by atoms with E-state index in [1.54, 1.807) is 5.57 Å². The second-order valence-electron chi connectivity index (χ2n) is 13.9. The maximum absolute atomic E-state index is 12.3. The highest BCUT2D eigenvalue weighted by molar-refractivity contribution is 5.84. The van der Waals surface area contributed by atoms with Crippen molar-refractivity contribution in [2.45, 2.75) is 124 Å². The highest BCUT2D eigenvalue weighted by atomic mass is 16.5. The monoisotopic (exact) mass is 499 g/mol. The van der Waals surface area contributed by atoms with Crippen LogP contribution in [0.25, 0.3) is 0 Å². The summed E-state index contributed by atoms with van der Waals surface area (Å²) in [7, 11) is 0. The Bertz CT molecular complexity index is 833. The molecular weight excluding hydrogens is 446 g/mol. The van der Waals surface area contributed by atoms with Crippen LogP contribution in [0.3, 0.4) is 0 Å². The Morgan fingerprint density at radius 1 is 1.03 bits per heavy atom. The molecular formula is C32H53NO3. The van der Waals surface area contributed by atoms with E-state index in [-0.39, 0.29) is 42.7 Å². The molecule has 0 bridgehead atoms. The van der Waals surface area contributed by atoms with Gasteiger partial charge in [-0.1, -0.05) is 65.5 Å². The number of hydrogen-bond acceptors (Lipinski definition) is 4. The lowest BCUT2D eigenvalue weighted by Crippen LogP contribution is -2.51. The zero-order valence-electron chi connectivity index (χ0n) is 23.8. The lowest BCUT2D eigenvalue weighted by atomic mass is 9.47. The Morgan fingerprint density at radius 3 is 2.53 bits per heavy atom. The van der Waals surface area contributed by atoms with E-state index < -0.39 is 0 Å². The van der Waals surface area contributed by atoms with Gasteiger partial charge in [0.05, 0.1) is 13.0 Å². The molecule has 4 aliphatic carbocycles. The first kappa shape index (κ1) is 27.9. The Balaban J connectivity index is 1.38. The number of hydrogen-bond donors (Lipinski definition) is 1. The first-order chi connectivity index (χ1) is 17.1. The van der Waals surface area contributed by atoms with Gasteiger partial charge in [-0.15, -0.1) is 0 Å². The largest absolute Gasteiger partial charge is 0.462 e. The normalized spacial score (nSPS) is 38.5. The van der Waals surface area contributed by atoms with E-state index in [1.807, 2.05) is 0 Å². The summed E-state index contributed by atoms with van der Waals surface area (Å²) in [6, 6.07) is 0. The van der Waals surface area contributed by atoms with Gasteiger partial charge < -0.3 is 10.5 Å². The molecule has 204 valence electrons. The van der Waals surface area contributed by atoms with Crippen molar-refractivity contribution in [1.29, 1.82) is 0 Å². The minimum absolute atomic E-state index is 0.00232. The van der Waals surface area contributed by atoms with Gasteiger partial charge in [0.15, 0.2) is 0 Å². The van der Waals surface area contributed by atoms with Crippen LogP contribution in [0.4, 0.5) is 0 Å². The van der Waals surface area contributed by atoms with Crippen LogP contribution in [0.5, 0.6) is 0 Å². The topological polar surface area (TPSA) is 69.4 Å². The minimum atomic E-state index is -0.243. The first-order valence-electron chi connectivity index (χ1n) is 15.2. The molecule has 0 aromatic rings. The molecule has 2 N–H and O–H groups in total. The van der Waals surface area contributed by atoms with Gasteiger partial charge in [-0.05, 0) is 91.3 Å². The van der Waals surface area contributed by atoms with Crippen molar-refractivity contribution in [2.24, 2.45) is 52.1 Å². The molecule has 0 aromatic carbocycles. The molecule has 0 spiro atoms. The summed E-state index contributed by atoms with van der Waals surface area (Å²) in [4.78, 5) is 23.8. The Morgan fingerprint density at radius 2 is 1.81 bits per heavy atom. The highest BCUT2D eigenvalue weighted by Gasteiger charge is 2.59. The van der Waals surface area contributed by atoms with Crippen LogP contribution in [-0.2, 0) is 14.3 Å². The third kappa shape index (κ3) is 5.49. The average molecular weight is 500 g/mol. The average Bonchev–Trinajstić information content (AvgIpc) is 3.19. The maximum atomic E-state index is 12.3. The number of Topliss-reactive ketones (excluding diaryl/α,β-unsaturated/α-hetero) is 1. The molecule has 4 nitrogen and oxygen atoms in total. The molecule has 0 saturated heterocycles. The van der Waals surface area contributed by atoms with E-state index >= 15 is 0 Å². The molecule has 4 heteroatoms. The van der Waals surface area contributed by atoms with E-state index in [0.717, 1.165) is 54.8 Å². The van der Waals surface area contributed by atoms with Crippen LogP contribution in [0.15, 0.2) is 11.6 Å². The number of carbonyl (C=O) groups is 2. The summed E-state index contributed by atoms with van der Waals surface area (Å²) >= 11 is 0. The zero-order chi connectivity index (χ0) is 26.1. The van der Waals surface area contributed by atoms with Crippen molar-refractivity contribution in [3.05, 3.63) is 11.6 Å². The van der Waals surface area contributed by atoms with Crippen LogP contribution in [0.1, 0.15) is 118 Å². The molecule has 8 unspecified atom stereocenters. The summed E-state index contributed by atoms with van der Waals surface area (Å²) in [6.07, 6.45) is 16.9. The van der Waals surface area contributed by atoms with Gasteiger partial charge in [0, 0.05) is 12.8 Å². The number of rotatable bonds is 10. The molecule has 0 radical (unpaired) electrons. The van der Waals surface area contributed by atoms with Gasteiger partial charge in [0.1, 0.15) is 11.9 Å². The number of ether oxygens (including phenoxy) is 1. The Kier molecular flexibility index (Phi) is 8.74. The summed E-state index contributed by atoms with van der Waals surface area (Å²) in [6.45, 7) is 12.5. The van der Waals surface area contributed by atoms with E-state index in [2.05, 4.69) is 40.7 Å². The number of esters is 1. The molecule has 8 atom stereocenters. The summed E-state index contributed by atoms with van der Waals surface area (Å²) in [5.41, 5.74) is 7.70. The standard InChI is InChI=1S/C32H53NO3/c1-21(2)7-6-8-22(3)27-12-13-28-26-11-9-23-19-25(36-30(35)14-10-24(34)20-33)15-17-31(23,4)29(26)16-18-32(27,28)5/h9,21-22,25-29H,6-8,10-20,33H2,1-5H3. The SMILES string of the molecule is CC(C)CCCC(C)C1CCC2C3CC=C4CC(OC(=O)CCC(=O)CN)CCC4(C)C3CCC12C. The van der Waals surface area contributed by atoms with Gasteiger partial charge >= 0.3 is 5.97 Å². The predicted molar refractivity (Wildman–Crippen MR) is 146 cm³/mol. The van der Waals surface area contributed by atoms with Gasteiger partial charge in [-0.3, -0.25) is 9.59 Å². The fraction of sp³-hybridized carbons (Fsp3) is 0.875. The van der Waals surface area contributed by atoms with Gasteiger partial charge in [-0.2, -0.15) is 0 Å². The van der Waals surface area contributed by atoms with Crippen LogP contribution in [0, 0.1) is 46.3 Å². The van der Waals surface area contributed by atoms with Crippen molar-refractivity contribution in [3.8, 4) is 0 Å². The summed E-state index contributed by atoms with van der Waals surface area (Å²) in [5.74, 6) is 4.74. The number of ketones is 1. The third-order valence-corrected chi connectivity index (χ3v) is 11.4. The summed E-state index contributed by atoms with van der Waals surface area (Å²) < 4.78 is 5.82. The molecule has 3 saturated carbocycles. The Hall–Kier alpha value is -1.16. The molecule has 36 heavy (non-hydrogen) atoms. The van der Waals surface area contributed by atoms with Crippen molar-refractivity contribution in [3.63, 3.8) is 0 Å². The minimum Gasteiger partial charge on any atom is -0.462 e. The highest BCUT2D eigenvalue weighted by Crippen LogP contribution is 2.67. The maximum Gasteiger partial charge on any atom is 0.306 e. The lowest BCUT2D eigenvalue weighted by molar-refractivity contribution is -0.152. The van der Waals surface area contributed by atoms with Crippen LogP contribution in [0.2, 0.25) is 0 Å².